The first-order valence-corrected chi connectivity index (χ1v) is 14.4. The van der Waals surface area contributed by atoms with Crippen LogP contribution in [-0.4, -0.2) is 60.6 Å². The maximum absolute atomic E-state index is 12.8. The first-order chi connectivity index (χ1) is 21.6. The van der Waals surface area contributed by atoms with Gasteiger partial charge in [-0.3, -0.25) is 9.36 Å². The zero-order valence-corrected chi connectivity index (χ0v) is 23.4. The molecule has 7 aromatic rings. The number of hydrogen-bond acceptors (Lipinski definition) is 8. The Morgan fingerprint density at radius 1 is 0.886 bits per heavy atom. The summed E-state index contributed by atoms with van der Waals surface area (Å²) < 4.78 is 14.2. The number of nitrogens with one attached hydrogen (secondary N) is 1. The van der Waals surface area contributed by atoms with Crippen LogP contribution in [0.4, 0.5) is 5.82 Å². The number of fused-ring (bicyclic) bond motifs is 1. The van der Waals surface area contributed by atoms with E-state index >= 15 is 0 Å². The molecule has 8 rings (SSSR count). The monoisotopic (exact) mass is 585 g/mol. The van der Waals surface area contributed by atoms with E-state index < -0.39 is 31.1 Å². The molecule has 3 heterocycles. The maximum atomic E-state index is 12.8. The molecule has 0 spiro atoms. The van der Waals surface area contributed by atoms with Gasteiger partial charge in [0.1, 0.15) is 24.6 Å². The normalized spacial score (nSPS) is 20.3. The molecule has 2 aromatic heterocycles. The smallest absolute Gasteiger partial charge is 0.256 e. The summed E-state index contributed by atoms with van der Waals surface area (Å²) in [6, 6.07) is 27.8. The minimum Gasteiger partial charge on any atom is -0.394 e. The third kappa shape index (κ3) is 4.27. The minimum atomic E-state index is -1.11. The SMILES string of the molecule is O=C(Nc1ncnc2c1ncn2[C@@H]1O[C@H](CO)[C@@H](O)[C@H]1OCc1ccc2ccc3cccc4ccc1c2c34)c1ccccc1. The van der Waals surface area contributed by atoms with E-state index in [0.717, 1.165) is 16.3 Å². The fourth-order valence-electron chi connectivity index (χ4n) is 6.28. The number of aliphatic hydroxyl groups excluding tert-OH is 2. The summed E-state index contributed by atoms with van der Waals surface area (Å²) in [6.07, 6.45) is -0.832. The van der Waals surface area contributed by atoms with Crippen molar-refractivity contribution in [2.75, 3.05) is 11.9 Å². The molecule has 0 unspecified atom stereocenters. The van der Waals surface area contributed by atoms with Crippen LogP contribution in [0.15, 0.2) is 97.6 Å². The van der Waals surface area contributed by atoms with Gasteiger partial charge in [0.25, 0.3) is 5.91 Å². The van der Waals surface area contributed by atoms with Crippen LogP contribution in [0.5, 0.6) is 0 Å². The zero-order chi connectivity index (χ0) is 29.8. The summed E-state index contributed by atoms with van der Waals surface area (Å²) in [6.45, 7) is -0.190. The summed E-state index contributed by atoms with van der Waals surface area (Å²) >= 11 is 0. The number of carbonyl (C=O) groups excluding carboxylic acids is 1. The van der Waals surface area contributed by atoms with Gasteiger partial charge in [-0.15, -0.1) is 0 Å². The van der Waals surface area contributed by atoms with Gasteiger partial charge in [0.15, 0.2) is 23.2 Å². The Bertz CT molecular complexity index is 2130. The summed E-state index contributed by atoms with van der Waals surface area (Å²) in [5, 5.41) is 30.9. The number of carbonyl (C=O) groups is 1. The predicted molar refractivity (Wildman–Crippen MR) is 165 cm³/mol. The Kier molecular flexibility index (Phi) is 6.42. The molecule has 10 heteroatoms. The van der Waals surface area contributed by atoms with Gasteiger partial charge >= 0.3 is 0 Å². The fraction of sp³-hybridized carbons (Fsp3) is 0.176. The molecule has 0 bridgehead atoms. The largest absolute Gasteiger partial charge is 0.394 e. The highest BCUT2D eigenvalue weighted by Crippen LogP contribution is 2.38. The van der Waals surface area contributed by atoms with Crippen LogP contribution < -0.4 is 5.32 Å². The van der Waals surface area contributed by atoms with Crippen molar-refractivity contribution < 1.29 is 24.5 Å². The Morgan fingerprint density at radius 3 is 2.43 bits per heavy atom. The summed E-state index contributed by atoms with van der Waals surface area (Å²) in [5.74, 6) is -0.0893. The minimum absolute atomic E-state index is 0.202. The molecule has 44 heavy (non-hydrogen) atoms. The lowest BCUT2D eigenvalue weighted by molar-refractivity contribution is -0.0758. The lowest BCUT2D eigenvalue weighted by atomic mass is 9.92. The number of rotatable bonds is 7. The van der Waals surface area contributed by atoms with Crippen molar-refractivity contribution in [1.29, 1.82) is 0 Å². The lowest BCUT2D eigenvalue weighted by Gasteiger charge is -2.23. The van der Waals surface area contributed by atoms with Crippen molar-refractivity contribution in [2.45, 2.75) is 31.1 Å². The van der Waals surface area contributed by atoms with E-state index in [1.165, 1.54) is 34.2 Å². The molecule has 218 valence electrons. The van der Waals surface area contributed by atoms with Gasteiger partial charge in [-0.2, -0.15) is 0 Å². The summed E-state index contributed by atoms with van der Waals surface area (Å²) in [4.78, 5) is 25.9. The number of hydrogen-bond donors (Lipinski definition) is 3. The molecular formula is C34H27N5O5. The Hall–Kier alpha value is -5.00. The highest BCUT2D eigenvalue weighted by atomic mass is 16.6. The highest BCUT2D eigenvalue weighted by Gasteiger charge is 2.46. The maximum Gasteiger partial charge on any atom is 0.256 e. The number of nitrogens with zero attached hydrogens (tertiary/aromatic N) is 4. The van der Waals surface area contributed by atoms with E-state index in [1.54, 1.807) is 28.8 Å². The van der Waals surface area contributed by atoms with E-state index in [-0.39, 0.29) is 18.3 Å². The standard InChI is InChI=1S/C34H27N5O5/c40-15-25-29(41)30(43-16-23-12-11-21-10-9-19-7-4-8-20-13-14-24(23)27(21)26(19)20)34(44-25)39-18-37-28-31(35-17-36-32(28)39)38-33(42)22-5-2-1-3-6-22/h1-14,17-18,25,29-30,34,40-41H,15-16H2,(H,35,36,38,42)/t25-,29-,30-,34-/m1/s1. The number of anilines is 1. The number of aromatic nitrogens is 4. The first kappa shape index (κ1) is 26.6. The molecule has 10 nitrogen and oxygen atoms in total. The highest BCUT2D eigenvalue weighted by molar-refractivity contribution is 6.23. The van der Waals surface area contributed by atoms with E-state index in [9.17, 15) is 15.0 Å². The Labute approximate surface area is 250 Å². The quantitative estimate of drug-likeness (QED) is 0.227. The van der Waals surface area contributed by atoms with Crippen LogP contribution in [-0.2, 0) is 16.1 Å². The van der Waals surface area contributed by atoms with Gasteiger partial charge in [-0.1, -0.05) is 72.8 Å². The average molecular weight is 586 g/mol. The molecule has 0 aliphatic carbocycles. The second kappa shape index (κ2) is 10.6. The van der Waals surface area contributed by atoms with Crippen LogP contribution in [0.2, 0.25) is 0 Å². The number of benzene rings is 5. The van der Waals surface area contributed by atoms with Crippen LogP contribution in [0.1, 0.15) is 22.1 Å². The molecule has 0 radical (unpaired) electrons. The second-order valence-corrected chi connectivity index (χ2v) is 11.0. The molecule has 3 N–H and O–H groups in total. The van der Waals surface area contributed by atoms with Crippen molar-refractivity contribution in [1.82, 2.24) is 19.5 Å². The van der Waals surface area contributed by atoms with Crippen LogP contribution in [0, 0.1) is 0 Å². The molecule has 1 amide bonds. The molecule has 1 saturated heterocycles. The van der Waals surface area contributed by atoms with Crippen molar-refractivity contribution in [3.63, 3.8) is 0 Å². The van der Waals surface area contributed by atoms with Crippen molar-refractivity contribution in [3.8, 4) is 0 Å². The topological polar surface area (TPSA) is 132 Å². The van der Waals surface area contributed by atoms with Crippen molar-refractivity contribution >= 4 is 55.2 Å². The Balaban J connectivity index is 1.12. The fourth-order valence-corrected chi connectivity index (χ4v) is 6.28. The van der Waals surface area contributed by atoms with E-state index in [1.807, 2.05) is 12.1 Å². The van der Waals surface area contributed by atoms with E-state index in [4.69, 9.17) is 9.47 Å². The number of amides is 1. The van der Waals surface area contributed by atoms with Crippen molar-refractivity contribution in [2.24, 2.45) is 0 Å². The first-order valence-electron chi connectivity index (χ1n) is 14.4. The molecule has 1 aliphatic heterocycles. The van der Waals surface area contributed by atoms with Crippen LogP contribution in [0.3, 0.4) is 0 Å². The van der Waals surface area contributed by atoms with Crippen LogP contribution in [0.25, 0.3) is 43.5 Å². The molecule has 5 aromatic carbocycles. The molecule has 4 atom stereocenters. The molecule has 0 saturated carbocycles. The number of imidazole rings is 1. The number of aliphatic hydroxyl groups is 2. The second-order valence-electron chi connectivity index (χ2n) is 11.0. The molecule has 1 fully saturated rings. The van der Waals surface area contributed by atoms with Crippen molar-refractivity contribution in [3.05, 3.63) is 109 Å². The van der Waals surface area contributed by atoms with Gasteiger partial charge in [0.05, 0.1) is 19.5 Å². The van der Waals surface area contributed by atoms with Gasteiger partial charge < -0.3 is 25.0 Å². The Morgan fingerprint density at radius 2 is 1.64 bits per heavy atom. The van der Waals surface area contributed by atoms with Gasteiger partial charge in [-0.25, -0.2) is 15.0 Å². The third-order valence-corrected chi connectivity index (χ3v) is 8.44. The lowest BCUT2D eigenvalue weighted by Crippen LogP contribution is -2.35. The molecule has 1 aliphatic rings. The number of ether oxygens (including phenoxy) is 2. The summed E-state index contributed by atoms with van der Waals surface area (Å²) in [5.41, 5.74) is 2.19. The van der Waals surface area contributed by atoms with Crippen LogP contribution >= 0.6 is 0 Å². The van der Waals surface area contributed by atoms with Gasteiger partial charge in [0.2, 0.25) is 0 Å². The molecular weight excluding hydrogens is 558 g/mol. The summed E-state index contributed by atoms with van der Waals surface area (Å²) in [7, 11) is 0. The van der Waals surface area contributed by atoms with E-state index in [2.05, 4.69) is 68.8 Å². The average Bonchev–Trinajstić information content (AvgIpc) is 3.64. The zero-order valence-electron chi connectivity index (χ0n) is 23.4. The predicted octanol–water partition coefficient (Wildman–Crippen LogP) is 4.81. The van der Waals surface area contributed by atoms with Gasteiger partial charge in [0, 0.05) is 5.56 Å². The van der Waals surface area contributed by atoms with Gasteiger partial charge in [-0.05, 0) is 50.0 Å². The third-order valence-electron chi connectivity index (χ3n) is 8.44. The van der Waals surface area contributed by atoms with E-state index in [0.29, 0.717) is 16.7 Å².